The van der Waals surface area contributed by atoms with Crippen LogP contribution in [0.25, 0.3) is 10.2 Å². The first-order valence-electron chi connectivity index (χ1n) is 10.0. The van der Waals surface area contributed by atoms with Crippen molar-refractivity contribution in [3.63, 3.8) is 0 Å². The van der Waals surface area contributed by atoms with E-state index in [1.807, 2.05) is 32.2 Å². The van der Waals surface area contributed by atoms with Crippen molar-refractivity contribution in [1.82, 2.24) is 25.5 Å². The maximum Gasteiger partial charge on any atom is 0.407 e. The Morgan fingerprint density at radius 1 is 1.33 bits per heavy atom. The summed E-state index contributed by atoms with van der Waals surface area (Å²) in [5, 5.41) is 14.4. The molecular weight excluding hydrogens is 404 g/mol. The molecule has 0 bridgehead atoms. The third-order valence-electron chi connectivity index (χ3n) is 4.95. The molecule has 3 N–H and O–H groups in total. The molecule has 1 aliphatic rings. The van der Waals surface area contributed by atoms with Crippen molar-refractivity contribution >= 4 is 39.3 Å². The van der Waals surface area contributed by atoms with Crippen LogP contribution in [-0.4, -0.2) is 45.5 Å². The van der Waals surface area contributed by atoms with Crippen molar-refractivity contribution in [2.45, 2.75) is 57.8 Å². The molecule has 1 aliphatic carbocycles. The van der Waals surface area contributed by atoms with E-state index in [4.69, 9.17) is 9.47 Å². The molecule has 4 rings (SSSR count). The van der Waals surface area contributed by atoms with Crippen LogP contribution in [0.4, 0.5) is 16.4 Å². The topological polar surface area (TPSA) is 114 Å². The fourth-order valence-corrected chi connectivity index (χ4v) is 4.52. The summed E-state index contributed by atoms with van der Waals surface area (Å²) < 4.78 is 11.7. The minimum Gasteiger partial charge on any atom is -0.446 e. The number of aromatic amines is 1. The number of ether oxygens (including phenoxy) is 2. The number of pyridine rings is 1. The second kappa shape index (κ2) is 8.97. The highest BCUT2D eigenvalue weighted by Crippen LogP contribution is 2.36. The van der Waals surface area contributed by atoms with Crippen LogP contribution in [0.5, 0.6) is 0 Å². The van der Waals surface area contributed by atoms with Crippen LogP contribution in [0.1, 0.15) is 49.7 Å². The van der Waals surface area contributed by atoms with E-state index in [1.165, 1.54) is 0 Å². The monoisotopic (exact) mass is 430 g/mol. The number of hydrogen-bond donors (Lipinski definition) is 3. The standard InChI is InChI=1S/C20H26N6O3S/c1-11(2)22-20(27)29-13-5-4-12(6-13)14-7-18(26-25-14)24-17-8-15-16(9-21-17)30-19(23-15)10-28-3/h7-9,11-13H,4-6,10H2,1-3H3,(H,22,27)(H2,21,24,25,26). The predicted molar refractivity (Wildman–Crippen MR) is 115 cm³/mol. The number of hydrogen-bond acceptors (Lipinski definition) is 8. The van der Waals surface area contributed by atoms with Crippen molar-refractivity contribution < 1.29 is 14.3 Å². The average Bonchev–Trinajstić information content (AvgIpc) is 3.40. The van der Waals surface area contributed by atoms with Crippen molar-refractivity contribution in [3.8, 4) is 0 Å². The zero-order valence-corrected chi connectivity index (χ0v) is 18.1. The lowest BCUT2D eigenvalue weighted by atomic mass is 10.0. The lowest BCUT2D eigenvalue weighted by Crippen LogP contribution is -2.33. The second-order valence-corrected chi connectivity index (χ2v) is 8.86. The molecule has 0 saturated heterocycles. The third-order valence-corrected chi connectivity index (χ3v) is 5.93. The van der Waals surface area contributed by atoms with E-state index in [9.17, 15) is 4.79 Å². The van der Waals surface area contributed by atoms with Gasteiger partial charge in [-0.3, -0.25) is 5.10 Å². The van der Waals surface area contributed by atoms with Crippen LogP contribution in [0.3, 0.4) is 0 Å². The number of thiazole rings is 1. The van der Waals surface area contributed by atoms with Crippen LogP contribution in [-0.2, 0) is 16.1 Å². The zero-order chi connectivity index (χ0) is 21.1. The molecule has 3 heterocycles. The van der Waals surface area contributed by atoms with Gasteiger partial charge in [-0.1, -0.05) is 0 Å². The quantitative estimate of drug-likeness (QED) is 0.517. The van der Waals surface area contributed by atoms with Gasteiger partial charge in [0.25, 0.3) is 0 Å². The van der Waals surface area contributed by atoms with E-state index >= 15 is 0 Å². The van der Waals surface area contributed by atoms with Gasteiger partial charge in [0.15, 0.2) is 5.82 Å². The Morgan fingerprint density at radius 2 is 2.20 bits per heavy atom. The minimum absolute atomic E-state index is 0.0662. The van der Waals surface area contributed by atoms with E-state index < -0.39 is 0 Å². The first-order valence-corrected chi connectivity index (χ1v) is 10.9. The number of anilines is 2. The molecule has 3 aromatic rings. The van der Waals surface area contributed by atoms with Gasteiger partial charge in [-0.05, 0) is 33.1 Å². The fourth-order valence-electron chi connectivity index (χ4n) is 3.63. The predicted octanol–water partition coefficient (Wildman–Crippen LogP) is 4.08. The SMILES string of the molecule is COCc1nc2cc(Nc3cc(C4CCC(OC(=O)NC(C)C)C4)[nH]n3)ncc2s1. The fraction of sp³-hybridized carbons (Fsp3) is 0.500. The minimum atomic E-state index is -0.347. The molecule has 0 radical (unpaired) electrons. The van der Waals surface area contributed by atoms with E-state index in [0.29, 0.717) is 18.2 Å². The zero-order valence-electron chi connectivity index (χ0n) is 17.3. The summed E-state index contributed by atoms with van der Waals surface area (Å²) in [5.41, 5.74) is 1.92. The number of H-pyrrole nitrogens is 1. The Kier molecular flexibility index (Phi) is 6.14. The molecule has 1 fully saturated rings. The number of carbonyl (C=O) groups excluding carboxylic acids is 1. The molecule has 160 valence electrons. The van der Waals surface area contributed by atoms with Gasteiger partial charge in [0.05, 0.1) is 16.8 Å². The first-order chi connectivity index (χ1) is 14.5. The lowest BCUT2D eigenvalue weighted by molar-refractivity contribution is 0.0981. The lowest BCUT2D eigenvalue weighted by Gasteiger charge is -2.14. The second-order valence-electron chi connectivity index (χ2n) is 7.75. The number of alkyl carbamates (subject to hydrolysis) is 1. The van der Waals surface area contributed by atoms with E-state index in [1.54, 1.807) is 18.4 Å². The summed E-state index contributed by atoms with van der Waals surface area (Å²) in [7, 11) is 1.66. The molecule has 2 unspecified atom stereocenters. The summed E-state index contributed by atoms with van der Waals surface area (Å²) in [6.45, 7) is 4.32. The Hall–Kier alpha value is -2.72. The molecule has 0 aliphatic heterocycles. The maximum absolute atomic E-state index is 11.8. The summed E-state index contributed by atoms with van der Waals surface area (Å²) in [6, 6.07) is 3.97. The van der Waals surface area contributed by atoms with Gasteiger partial charge in [-0.15, -0.1) is 11.3 Å². The Labute approximate surface area is 178 Å². The molecule has 1 amide bonds. The van der Waals surface area contributed by atoms with Crippen molar-refractivity contribution in [3.05, 3.63) is 29.0 Å². The van der Waals surface area contributed by atoms with Gasteiger partial charge in [0.1, 0.15) is 16.9 Å². The molecule has 0 aromatic carbocycles. The number of methoxy groups -OCH3 is 1. The number of carbonyl (C=O) groups is 1. The maximum atomic E-state index is 11.8. The van der Waals surface area contributed by atoms with Crippen molar-refractivity contribution in [2.75, 3.05) is 12.4 Å². The normalized spacial score (nSPS) is 18.8. The van der Waals surface area contributed by atoms with Crippen LogP contribution in [0.15, 0.2) is 18.3 Å². The van der Waals surface area contributed by atoms with Crippen molar-refractivity contribution in [1.29, 1.82) is 0 Å². The van der Waals surface area contributed by atoms with Gasteiger partial charge in [-0.2, -0.15) is 5.10 Å². The number of amides is 1. The highest BCUT2D eigenvalue weighted by molar-refractivity contribution is 7.18. The van der Waals surface area contributed by atoms with E-state index in [0.717, 1.165) is 40.2 Å². The highest BCUT2D eigenvalue weighted by atomic mass is 32.1. The number of nitrogens with zero attached hydrogens (tertiary/aromatic N) is 3. The number of fused-ring (bicyclic) bond motifs is 1. The first kappa shape index (κ1) is 20.5. The smallest absolute Gasteiger partial charge is 0.407 e. The summed E-state index contributed by atoms with van der Waals surface area (Å²) >= 11 is 1.58. The summed E-state index contributed by atoms with van der Waals surface area (Å²) in [6.07, 6.45) is 3.99. The van der Waals surface area contributed by atoms with Crippen molar-refractivity contribution in [2.24, 2.45) is 0 Å². The molecule has 1 saturated carbocycles. The van der Waals surface area contributed by atoms with Gasteiger partial charge in [-0.25, -0.2) is 14.8 Å². The third kappa shape index (κ3) is 4.88. The van der Waals surface area contributed by atoms with Gasteiger partial charge in [0.2, 0.25) is 0 Å². The molecule has 9 nitrogen and oxygen atoms in total. The van der Waals surface area contributed by atoms with Crippen LogP contribution < -0.4 is 10.6 Å². The Balaban J connectivity index is 1.36. The Morgan fingerprint density at radius 3 is 3.00 bits per heavy atom. The number of nitrogens with one attached hydrogen (secondary N) is 3. The number of rotatable bonds is 7. The van der Waals surface area contributed by atoms with Crippen LogP contribution in [0, 0.1) is 0 Å². The summed E-state index contributed by atoms with van der Waals surface area (Å²) in [4.78, 5) is 20.8. The van der Waals surface area contributed by atoms with Gasteiger partial charge < -0.3 is 20.1 Å². The Bertz CT molecular complexity index is 1020. The summed E-state index contributed by atoms with van der Waals surface area (Å²) in [5.74, 6) is 1.68. The van der Waals surface area contributed by atoms with E-state index in [-0.39, 0.29) is 24.2 Å². The average molecular weight is 431 g/mol. The van der Waals surface area contributed by atoms with E-state index in [2.05, 4.69) is 30.8 Å². The van der Waals surface area contributed by atoms with Crippen LogP contribution >= 0.6 is 11.3 Å². The van der Waals surface area contributed by atoms with Crippen LogP contribution in [0.2, 0.25) is 0 Å². The molecule has 0 spiro atoms. The molecule has 2 atom stereocenters. The largest absolute Gasteiger partial charge is 0.446 e. The molecule has 10 heteroatoms. The molecule has 30 heavy (non-hydrogen) atoms. The molecular formula is C20H26N6O3S. The highest BCUT2D eigenvalue weighted by Gasteiger charge is 2.30. The number of aromatic nitrogens is 4. The van der Waals surface area contributed by atoms with Gasteiger partial charge in [0, 0.05) is 43.1 Å². The molecule has 3 aromatic heterocycles. The van der Waals surface area contributed by atoms with Gasteiger partial charge >= 0.3 is 6.09 Å².